The van der Waals surface area contributed by atoms with Crippen molar-refractivity contribution in [2.45, 2.75) is 4.21 Å². The Kier molecular flexibility index (Phi) is 3.98. The van der Waals surface area contributed by atoms with Gasteiger partial charge in [0.2, 0.25) is 0 Å². The zero-order chi connectivity index (χ0) is 14.9. The molecule has 0 bridgehead atoms. The molecule has 0 amide bonds. The van der Waals surface area contributed by atoms with Gasteiger partial charge in [-0.2, -0.15) is 0 Å². The molecule has 0 unspecified atom stereocenters. The summed E-state index contributed by atoms with van der Waals surface area (Å²) >= 11 is 6.28. The van der Waals surface area contributed by atoms with E-state index in [1.807, 2.05) is 4.72 Å². The van der Waals surface area contributed by atoms with Crippen molar-refractivity contribution in [1.82, 2.24) is 0 Å². The summed E-state index contributed by atoms with van der Waals surface area (Å²) < 4.78 is 39.4. The number of hydrogen-bond donors (Lipinski definition) is 2. The van der Waals surface area contributed by atoms with Crippen LogP contribution in [0.25, 0.3) is 0 Å². The molecule has 0 spiro atoms. The van der Waals surface area contributed by atoms with Crippen LogP contribution in [-0.2, 0) is 10.0 Å². The highest BCUT2D eigenvalue weighted by Crippen LogP contribution is 2.27. The van der Waals surface area contributed by atoms with Gasteiger partial charge in [-0.1, -0.05) is 17.7 Å². The van der Waals surface area contributed by atoms with Crippen LogP contribution in [0, 0.1) is 5.82 Å². The van der Waals surface area contributed by atoms with Crippen molar-refractivity contribution in [2.24, 2.45) is 0 Å². The van der Waals surface area contributed by atoms with E-state index in [4.69, 9.17) is 16.7 Å². The minimum absolute atomic E-state index is 0.151. The maximum absolute atomic E-state index is 13.6. The molecule has 5 nitrogen and oxygen atoms in total. The van der Waals surface area contributed by atoms with E-state index < -0.39 is 21.8 Å². The monoisotopic (exact) mass is 335 g/mol. The Morgan fingerprint density at radius 3 is 2.70 bits per heavy atom. The molecule has 0 aliphatic rings. The number of nitrogens with one attached hydrogen (secondary N) is 1. The largest absolute Gasteiger partial charge is 0.478 e. The quantitative estimate of drug-likeness (QED) is 0.899. The van der Waals surface area contributed by atoms with Crippen LogP contribution < -0.4 is 4.72 Å². The summed E-state index contributed by atoms with van der Waals surface area (Å²) in [6.45, 7) is 0. The molecule has 0 saturated heterocycles. The minimum atomic E-state index is -4.06. The van der Waals surface area contributed by atoms with Crippen molar-refractivity contribution in [3.63, 3.8) is 0 Å². The van der Waals surface area contributed by atoms with Gasteiger partial charge >= 0.3 is 5.97 Å². The predicted octanol–water partition coefficient (Wildman–Crippen LogP) is 3.04. The average molecular weight is 336 g/mol. The fraction of sp³-hybridized carbons (Fsp3) is 0. The van der Waals surface area contributed by atoms with Crippen LogP contribution in [0.5, 0.6) is 0 Å². The van der Waals surface area contributed by atoms with Crippen molar-refractivity contribution >= 4 is 44.6 Å². The Hall–Kier alpha value is -1.64. The number of sulfonamides is 1. The van der Waals surface area contributed by atoms with E-state index in [1.54, 1.807) is 0 Å². The van der Waals surface area contributed by atoms with Crippen LogP contribution in [0.15, 0.2) is 33.9 Å². The molecule has 0 aliphatic carbocycles. The number of rotatable bonds is 4. The molecular formula is C11H7ClFNO4S2. The Balaban J connectivity index is 2.35. The number of halogens is 2. The number of carboxylic acids is 1. The summed E-state index contributed by atoms with van der Waals surface area (Å²) in [4.78, 5) is 10.7. The average Bonchev–Trinajstić information content (AvgIpc) is 2.85. The summed E-state index contributed by atoms with van der Waals surface area (Å²) in [5, 5.41) is 9.71. The lowest BCUT2D eigenvalue weighted by Crippen LogP contribution is -2.12. The molecule has 2 rings (SSSR count). The lowest BCUT2D eigenvalue weighted by molar-refractivity contribution is 0.0697. The summed E-state index contributed by atoms with van der Waals surface area (Å²) in [5.41, 5.74) is -0.454. The van der Waals surface area contributed by atoms with E-state index in [1.165, 1.54) is 23.6 Å². The number of carbonyl (C=O) groups is 1. The molecule has 1 aromatic carbocycles. The summed E-state index contributed by atoms with van der Waals surface area (Å²) in [7, 11) is -4.06. The fourth-order valence-electron chi connectivity index (χ4n) is 1.35. The molecule has 0 aliphatic heterocycles. The van der Waals surface area contributed by atoms with E-state index in [0.29, 0.717) is 0 Å². The molecular weight excluding hydrogens is 329 g/mol. The number of anilines is 1. The predicted molar refractivity (Wildman–Crippen MR) is 73.5 cm³/mol. The molecule has 0 fully saturated rings. The first kappa shape index (κ1) is 14.8. The second kappa shape index (κ2) is 5.39. The molecule has 0 atom stereocenters. The molecule has 106 valence electrons. The van der Waals surface area contributed by atoms with Crippen molar-refractivity contribution in [3.05, 3.63) is 46.0 Å². The first-order valence-electron chi connectivity index (χ1n) is 5.10. The molecule has 0 radical (unpaired) electrons. The molecule has 1 heterocycles. The zero-order valence-corrected chi connectivity index (χ0v) is 12.0. The number of thiophene rings is 1. The number of aromatic carboxylic acids is 1. The third-order valence-corrected chi connectivity index (χ3v) is 5.38. The van der Waals surface area contributed by atoms with E-state index in [9.17, 15) is 17.6 Å². The minimum Gasteiger partial charge on any atom is -0.478 e. The standard InChI is InChI=1S/C11H7ClFNO4S2/c12-7-2-1-3-8(10(7)13)14-20(17,18)9-4-6(5-19-9)11(15)16/h1-5,14H,(H,15,16). The number of benzene rings is 1. The third kappa shape index (κ3) is 2.92. The highest BCUT2D eigenvalue weighted by atomic mass is 35.5. The Labute approximate surface area is 122 Å². The number of carboxylic acid groups (broad SMARTS) is 1. The van der Waals surface area contributed by atoms with Gasteiger partial charge in [-0.25, -0.2) is 17.6 Å². The Morgan fingerprint density at radius 1 is 1.40 bits per heavy atom. The van der Waals surface area contributed by atoms with E-state index in [2.05, 4.69) is 0 Å². The molecule has 9 heteroatoms. The molecule has 2 aromatic rings. The second-order valence-electron chi connectivity index (χ2n) is 3.67. The van der Waals surface area contributed by atoms with Crippen LogP contribution in [0.4, 0.5) is 10.1 Å². The maximum Gasteiger partial charge on any atom is 0.336 e. The van der Waals surface area contributed by atoms with Crippen LogP contribution in [0.1, 0.15) is 10.4 Å². The van der Waals surface area contributed by atoms with Gasteiger partial charge in [-0.15, -0.1) is 11.3 Å². The first-order valence-corrected chi connectivity index (χ1v) is 7.84. The summed E-state index contributed by atoms with van der Waals surface area (Å²) in [6, 6.07) is 4.88. The van der Waals surface area contributed by atoms with Crippen LogP contribution in [0.3, 0.4) is 0 Å². The first-order chi connectivity index (χ1) is 9.31. The zero-order valence-electron chi connectivity index (χ0n) is 9.63. The molecule has 1 aromatic heterocycles. The lowest BCUT2D eigenvalue weighted by Gasteiger charge is -2.07. The van der Waals surface area contributed by atoms with Gasteiger partial charge < -0.3 is 5.11 Å². The topological polar surface area (TPSA) is 83.5 Å². The lowest BCUT2D eigenvalue weighted by atomic mass is 10.3. The second-order valence-corrected chi connectivity index (χ2v) is 6.89. The Bertz CT molecular complexity index is 772. The van der Waals surface area contributed by atoms with Gasteiger partial charge in [0.15, 0.2) is 5.82 Å². The highest BCUT2D eigenvalue weighted by Gasteiger charge is 2.20. The normalized spacial score (nSPS) is 11.3. The SMILES string of the molecule is O=C(O)c1csc(S(=O)(=O)Nc2cccc(Cl)c2F)c1. The van der Waals surface area contributed by atoms with Crippen molar-refractivity contribution in [1.29, 1.82) is 0 Å². The van der Waals surface area contributed by atoms with Gasteiger partial charge in [0.1, 0.15) is 4.21 Å². The highest BCUT2D eigenvalue weighted by molar-refractivity contribution is 7.94. The fourth-order valence-corrected chi connectivity index (χ4v) is 3.73. The van der Waals surface area contributed by atoms with Crippen molar-refractivity contribution in [3.8, 4) is 0 Å². The molecule has 0 saturated carbocycles. The van der Waals surface area contributed by atoms with Gasteiger partial charge in [0.25, 0.3) is 10.0 Å². The summed E-state index contributed by atoms with van der Waals surface area (Å²) in [6.07, 6.45) is 0. The summed E-state index contributed by atoms with van der Waals surface area (Å²) in [5.74, 6) is -2.13. The van der Waals surface area contributed by atoms with Crippen LogP contribution in [0.2, 0.25) is 5.02 Å². The van der Waals surface area contributed by atoms with Gasteiger partial charge in [-0.05, 0) is 18.2 Å². The van der Waals surface area contributed by atoms with Gasteiger partial charge in [0.05, 0.1) is 16.3 Å². The van der Waals surface area contributed by atoms with Gasteiger partial charge in [-0.3, -0.25) is 4.72 Å². The molecule has 20 heavy (non-hydrogen) atoms. The smallest absolute Gasteiger partial charge is 0.336 e. The Morgan fingerprint density at radius 2 is 2.10 bits per heavy atom. The van der Waals surface area contributed by atoms with Crippen LogP contribution in [-0.4, -0.2) is 19.5 Å². The van der Waals surface area contributed by atoms with E-state index in [-0.39, 0.29) is 20.5 Å². The van der Waals surface area contributed by atoms with Gasteiger partial charge in [0, 0.05) is 5.38 Å². The third-order valence-electron chi connectivity index (χ3n) is 2.28. The maximum atomic E-state index is 13.6. The van der Waals surface area contributed by atoms with Crippen LogP contribution >= 0.6 is 22.9 Å². The van der Waals surface area contributed by atoms with Crippen molar-refractivity contribution in [2.75, 3.05) is 4.72 Å². The molecule has 2 N–H and O–H groups in total. The van der Waals surface area contributed by atoms with E-state index in [0.717, 1.165) is 17.4 Å². The number of hydrogen-bond acceptors (Lipinski definition) is 4. The van der Waals surface area contributed by atoms with E-state index >= 15 is 0 Å². The van der Waals surface area contributed by atoms with Crippen molar-refractivity contribution < 1.29 is 22.7 Å².